The number of guanidine groups is 1. The summed E-state index contributed by atoms with van der Waals surface area (Å²) in [6.07, 6.45) is 2.53. The first-order chi connectivity index (χ1) is 10.2. The third-order valence-electron chi connectivity index (χ3n) is 3.29. The Bertz CT molecular complexity index is 494. The van der Waals surface area contributed by atoms with Crippen molar-refractivity contribution in [3.05, 3.63) is 33.8 Å². The molecular weight excluding hydrogens is 436 g/mol. The van der Waals surface area contributed by atoms with Gasteiger partial charge in [-0.1, -0.05) is 29.3 Å². The Morgan fingerprint density at radius 2 is 2.18 bits per heavy atom. The van der Waals surface area contributed by atoms with Crippen LogP contribution < -0.4 is 10.6 Å². The van der Waals surface area contributed by atoms with Gasteiger partial charge in [0.25, 0.3) is 0 Å². The molecular formula is C15H22Cl2IN3O. The zero-order chi connectivity index (χ0) is 15.1. The summed E-state index contributed by atoms with van der Waals surface area (Å²) >= 11 is 12.0. The van der Waals surface area contributed by atoms with Gasteiger partial charge in [-0.15, -0.1) is 24.0 Å². The van der Waals surface area contributed by atoms with E-state index in [2.05, 4.69) is 15.6 Å². The van der Waals surface area contributed by atoms with Crippen molar-refractivity contribution in [1.82, 2.24) is 10.6 Å². The molecule has 1 atom stereocenters. The highest BCUT2D eigenvalue weighted by Crippen LogP contribution is 2.21. The van der Waals surface area contributed by atoms with Crippen LogP contribution in [0.4, 0.5) is 0 Å². The Labute approximate surface area is 159 Å². The average Bonchev–Trinajstić information content (AvgIpc) is 2.96. The van der Waals surface area contributed by atoms with Gasteiger partial charge < -0.3 is 15.4 Å². The Balaban J connectivity index is 0.00000242. The molecule has 22 heavy (non-hydrogen) atoms. The minimum atomic E-state index is 0. The number of rotatable bonds is 5. The predicted octanol–water partition coefficient (Wildman–Crippen LogP) is 3.85. The fourth-order valence-corrected chi connectivity index (χ4v) is 2.64. The monoisotopic (exact) mass is 457 g/mol. The van der Waals surface area contributed by atoms with Crippen LogP contribution in [0.25, 0.3) is 0 Å². The summed E-state index contributed by atoms with van der Waals surface area (Å²) in [5.74, 6) is 0.777. The van der Waals surface area contributed by atoms with Crippen molar-refractivity contribution in [3.63, 3.8) is 0 Å². The van der Waals surface area contributed by atoms with Gasteiger partial charge in [0.05, 0.1) is 12.6 Å². The van der Waals surface area contributed by atoms with Gasteiger partial charge in [-0.05, 0) is 37.5 Å². The summed E-state index contributed by atoms with van der Waals surface area (Å²) in [5, 5.41) is 7.81. The molecule has 1 aliphatic rings. The largest absolute Gasteiger partial charge is 0.376 e. The van der Waals surface area contributed by atoms with E-state index < -0.39 is 0 Å². The van der Waals surface area contributed by atoms with Crippen molar-refractivity contribution in [3.8, 4) is 0 Å². The number of nitrogens with one attached hydrogen (secondary N) is 2. The Kier molecular flexibility index (Phi) is 9.47. The van der Waals surface area contributed by atoms with Gasteiger partial charge in [0.2, 0.25) is 0 Å². The van der Waals surface area contributed by atoms with Crippen LogP contribution in [0.3, 0.4) is 0 Å². The zero-order valence-corrected chi connectivity index (χ0v) is 16.4. The highest BCUT2D eigenvalue weighted by atomic mass is 127. The minimum absolute atomic E-state index is 0. The van der Waals surface area contributed by atoms with Crippen molar-refractivity contribution in [2.45, 2.75) is 32.4 Å². The molecule has 1 saturated heterocycles. The van der Waals surface area contributed by atoms with Crippen molar-refractivity contribution in [2.24, 2.45) is 4.99 Å². The second kappa shape index (κ2) is 10.5. The molecule has 0 saturated carbocycles. The standard InChI is InChI=1S/C15H21Cl2N3O.HI/c1-2-18-15(20-10-13-4-3-7-21-13)19-9-11-5-6-12(16)8-14(11)17;/h5-6,8,13H,2-4,7,9-10H2,1H3,(H2,18,19,20);1H. The van der Waals surface area contributed by atoms with E-state index in [4.69, 9.17) is 27.9 Å². The number of aliphatic imine (C=N–C) groups is 1. The Morgan fingerprint density at radius 1 is 1.36 bits per heavy atom. The second-order valence-corrected chi connectivity index (χ2v) is 5.79. The molecule has 0 bridgehead atoms. The summed E-state index contributed by atoms with van der Waals surface area (Å²) in [4.78, 5) is 4.55. The molecule has 0 aromatic heterocycles. The van der Waals surface area contributed by atoms with Crippen molar-refractivity contribution >= 4 is 53.1 Å². The topological polar surface area (TPSA) is 45.7 Å². The van der Waals surface area contributed by atoms with Gasteiger partial charge in [-0.3, -0.25) is 0 Å². The second-order valence-electron chi connectivity index (χ2n) is 4.95. The minimum Gasteiger partial charge on any atom is -0.376 e. The summed E-state index contributed by atoms with van der Waals surface area (Å²) in [5.41, 5.74) is 0.954. The molecule has 1 fully saturated rings. The lowest BCUT2D eigenvalue weighted by Gasteiger charge is -2.15. The van der Waals surface area contributed by atoms with E-state index in [0.717, 1.165) is 44.1 Å². The molecule has 4 nitrogen and oxygen atoms in total. The molecule has 2 rings (SSSR count). The van der Waals surface area contributed by atoms with Crippen LogP contribution in [0.1, 0.15) is 25.3 Å². The first-order valence-corrected chi connectivity index (χ1v) is 8.02. The summed E-state index contributed by atoms with van der Waals surface area (Å²) in [6, 6.07) is 5.46. The molecule has 1 unspecified atom stereocenters. The van der Waals surface area contributed by atoms with E-state index in [1.807, 2.05) is 19.1 Å². The van der Waals surface area contributed by atoms with Crippen LogP contribution in [-0.4, -0.2) is 31.8 Å². The molecule has 124 valence electrons. The molecule has 1 heterocycles. The van der Waals surface area contributed by atoms with E-state index >= 15 is 0 Å². The van der Waals surface area contributed by atoms with Crippen LogP contribution in [0.5, 0.6) is 0 Å². The lowest BCUT2D eigenvalue weighted by molar-refractivity contribution is 0.114. The van der Waals surface area contributed by atoms with E-state index in [1.165, 1.54) is 0 Å². The number of ether oxygens (including phenoxy) is 1. The molecule has 1 aromatic rings. The maximum absolute atomic E-state index is 6.16. The van der Waals surface area contributed by atoms with Gasteiger partial charge in [0, 0.05) is 29.7 Å². The number of hydrogen-bond donors (Lipinski definition) is 2. The van der Waals surface area contributed by atoms with E-state index in [9.17, 15) is 0 Å². The maximum atomic E-state index is 6.16. The SMILES string of the molecule is CCNC(=NCc1ccc(Cl)cc1Cl)NCC1CCCO1.I. The fourth-order valence-electron chi connectivity index (χ4n) is 2.17. The van der Waals surface area contributed by atoms with Gasteiger partial charge in [0.1, 0.15) is 0 Å². The summed E-state index contributed by atoms with van der Waals surface area (Å²) in [7, 11) is 0. The fraction of sp³-hybridized carbons (Fsp3) is 0.533. The third-order valence-corrected chi connectivity index (χ3v) is 3.87. The number of benzene rings is 1. The zero-order valence-electron chi connectivity index (χ0n) is 12.6. The van der Waals surface area contributed by atoms with Crippen LogP contribution in [0.15, 0.2) is 23.2 Å². The van der Waals surface area contributed by atoms with Crippen LogP contribution in [0, 0.1) is 0 Å². The van der Waals surface area contributed by atoms with E-state index in [0.29, 0.717) is 16.6 Å². The predicted molar refractivity (Wildman–Crippen MR) is 104 cm³/mol. The molecule has 1 aliphatic heterocycles. The molecule has 0 amide bonds. The normalized spacial score (nSPS) is 18.0. The smallest absolute Gasteiger partial charge is 0.191 e. The first-order valence-electron chi connectivity index (χ1n) is 7.26. The highest BCUT2D eigenvalue weighted by Gasteiger charge is 2.15. The van der Waals surface area contributed by atoms with E-state index in [1.54, 1.807) is 6.07 Å². The van der Waals surface area contributed by atoms with Crippen LogP contribution in [0.2, 0.25) is 10.0 Å². The third kappa shape index (κ3) is 6.48. The highest BCUT2D eigenvalue weighted by molar-refractivity contribution is 14.0. The van der Waals surface area contributed by atoms with Crippen molar-refractivity contribution in [2.75, 3.05) is 19.7 Å². The van der Waals surface area contributed by atoms with Gasteiger partial charge >= 0.3 is 0 Å². The summed E-state index contributed by atoms with van der Waals surface area (Å²) in [6.45, 7) is 5.00. The molecule has 1 aromatic carbocycles. The molecule has 0 spiro atoms. The van der Waals surface area contributed by atoms with Gasteiger partial charge in [-0.2, -0.15) is 0 Å². The number of halogens is 3. The van der Waals surface area contributed by atoms with Gasteiger partial charge in [0.15, 0.2) is 5.96 Å². The van der Waals surface area contributed by atoms with Crippen LogP contribution in [-0.2, 0) is 11.3 Å². The number of nitrogens with zero attached hydrogens (tertiary/aromatic N) is 1. The van der Waals surface area contributed by atoms with Crippen molar-refractivity contribution in [1.29, 1.82) is 0 Å². The molecule has 0 radical (unpaired) electrons. The quantitative estimate of drug-likeness (QED) is 0.401. The maximum Gasteiger partial charge on any atom is 0.191 e. The average molecular weight is 458 g/mol. The molecule has 7 heteroatoms. The number of hydrogen-bond acceptors (Lipinski definition) is 2. The van der Waals surface area contributed by atoms with E-state index in [-0.39, 0.29) is 30.1 Å². The first kappa shape index (κ1) is 19.8. The lowest BCUT2D eigenvalue weighted by atomic mass is 10.2. The molecule has 2 N–H and O–H groups in total. The van der Waals surface area contributed by atoms with Crippen molar-refractivity contribution < 1.29 is 4.74 Å². The van der Waals surface area contributed by atoms with Crippen LogP contribution >= 0.6 is 47.2 Å². The lowest BCUT2D eigenvalue weighted by Crippen LogP contribution is -2.41. The van der Waals surface area contributed by atoms with Gasteiger partial charge in [-0.25, -0.2) is 4.99 Å². The Morgan fingerprint density at radius 3 is 2.82 bits per heavy atom. The molecule has 0 aliphatic carbocycles. The Hall–Kier alpha value is -0.240. The summed E-state index contributed by atoms with van der Waals surface area (Å²) < 4.78 is 5.60.